The number of nitrogens with one attached hydrogen (secondary N) is 1. The minimum absolute atomic E-state index is 0.0285. The Kier molecular flexibility index (Phi) is 9.89. The third kappa shape index (κ3) is 7.39. The van der Waals surface area contributed by atoms with E-state index < -0.39 is 36.0 Å². The van der Waals surface area contributed by atoms with E-state index in [4.69, 9.17) is 11.2 Å². The van der Waals surface area contributed by atoms with Gasteiger partial charge < -0.3 is 25.0 Å². The van der Waals surface area contributed by atoms with Gasteiger partial charge in [0.05, 0.1) is 32.8 Å². The number of carboxylic acids is 1. The maximum Gasteiger partial charge on any atom is 0.334 e. The average Bonchev–Trinajstić information content (AvgIpc) is 2.95. The van der Waals surface area contributed by atoms with Gasteiger partial charge in [-0.3, -0.25) is 14.4 Å². The van der Waals surface area contributed by atoms with E-state index in [2.05, 4.69) is 11.2 Å². The quantitative estimate of drug-likeness (QED) is 0.314. The van der Waals surface area contributed by atoms with Crippen molar-refractivity contribution in [2.24, 2.45) is 0 Å². The number of carbonyl (C=O) groups is 4. The smallest absolute Gasteiger partial charge is 0.334 e. The predicted octanol–water partition coefficient (Wildman–Crippen LogP) is 1.65. The van der Waals surface area contributed by atoms with Gasteiger partial charge in [0.2, 0.25) is 11.8 Å². The van der Waals surface area contributed by atoms with Crippen LogP contribution in [-0.2, 0) is 32.3 Å². The molecule has 0 saturated carbocycles. The second-order valence-electron chi connectivity index (χ2n) is 9.71. The summed E-state index contributed by atoms with van der Waals surface area (Å²) < 4.78 is 19.2. The van der Waals surface area contributed by atoms with Crippen molar-refractivity contribution in [2.75, 3.05) is 32.8 Å². The van der Waals surface area contributed by atoms with E-state index in [-0.39, 0.29) is 64.6 Å². The molecule has 2 saturated heterocycles. The van der Waals surface area contributed by atoms with Crippen molar-refractivity contribution in [1.82, 2.24) is 25.1 Å². The van der Waals surface area contributed by atoms with E-state index in [1.165, 1.54) is 32.0 Å². The number of piperazine rings is 1. The molecule has 11 nitrogen and oxygen atoms in total. The summed E-state index contributed by atoms with van der Waals surface area (Å²) in [6, 6.07) is 13.7. The first kappa shape index (κ1) is 29.5. The molecular formula is C29H32FN5O6. The molecule has 2 N–H and O–H groups in total. The number of halogens is 1. The number of nitrogens with zero attached hydrogens (tertiary/aromatic N) is 4. The van der Waals surface area contributed by atoms with E-state index in [1.54, 1.807) is 12.1 Å². The molecule has 216 valence electrons. The molecule has 0 spiro atoms. The normalized spacial score (nSPS) is 19.1. The Hall–Kier alpha value is -4.47. The van der Waals surface area contributed by atoms with Gasteiger partial charge >= 0.3 is 12.0 Å². The number of benzene rings is 2. The van der Waals surface area contributed by atoms with Crippen molar-refractivity contribution in [3.8, 4) is 12.3 Å². The lowest BCUT2D eigenvalue weighted by Gasteiger charge is -2.54. The molecule has 2 fully saturated rings. The number of rotatable bonds is 11. The van der Waals surface area contributed by atoms with Crippen molar-refractivity contribution >= 4 is 23.8 Å². The molecule has 0 bridgehead atoms. The summed E-state index contributed by atoms with van der Waals surface area (Å²) in [6.07, 6.45) is 4.17. The first-order chi connectivity index (χ1) is 19.8. The summed E-state index contributed by atoms with van der Waals surface area (Å²) in [5, 5.41) is 15.0. The molecule has 4 amide bonds. The van der Waals surface area contributed by atoms with Gasteiger partial charge in [-0.25, -0.2) is 14.2 Å². The number of carboxylic acid groups (broad SMARTS) is 1. The van der Waals surface area contributed by atoms with Crippen LogP contribution in [0.2, 0.25) is 0 Å². The van der Waals surface area contributed by atoms with Crippen molar-refractivity contribution in [3.63, 3.8) is 0 Å². The summed E-state index contributed by atoms with van der Waals surface area (Å²) in [7, 11) is 0. The van der Waals surface area contributed by atoms with Gasteiger partial charge in [0, 0.05) is 19.5 Å². The lowest BCUT2D eigenvalue weighted by molar-refractivity contribution is -0.190. The predicted molar refractivity (Wildman–Crippen MR) is 145 cm³/mol. The first-order valence-corrected chi connectivity index (χ1v) is 13.2. The van der Waals surface area contributed by atoms with Crippen LogP contribution in [0.4, 0.5) is 9.18 Å². The van der Waals surface area contributed by atoms with Crippen LogP contribution in [0.25, 0.3) is 0 Å². The Balaban J connectivity index is 1.54. The zero-order valence-corrected chi connectivity index (χ0v) is 22.4. The zero-order chi connectivity index (χ0) is 29.4. The number of hydrogen-bond donors (Lipinski definition) is 2. The Morgan fingerprint density at radius 3 is 2.59 bits per heavy atom. The van der Waals surface area contributed by atoms with Gasteiger partial charge in [-0.2, -0.15) is 5.01 Å². The fourth-order valence-corrected chi connectivity index (χ4v) is 5.02. The molecule has 0 aliphatic carbocycles. The maximum absolute atomic E-state index is 13.5. The van der Waals surface area contributed by atoms with Gasteiger partial charge in [0.15, 0.2) is 0 Å². The highest BCUT2D eigenvalue weighted by molar-refractivity contribution is 5.91. The number of hydrazine groups is 1. The van der Waals surface area contributed by atoms with Crippen LogP contribution in [0.5, 0.6) is 0 Å². The van der Waals surface area contributed by atoms with Gasteiger partial charge in [-0.15, -0.1) is 6.42 Å². The summed E-state index contributed by atoms with van der Waals surface area (Å²) in [5.74, 6) is 0.119. The Morgan fingerprint density at radius 2 is 1.88 bits per heavy atom. The van der Waals surface area contributed by atoms with Gasteiger partial charge in [0.1, 0.15) is 18.0 Å². The third-order valence-corrected chi connectivity index (χ3v) is 6.89. The second-order valence-corrected chi connectivity index (χ2v) is 9.71. The fourth-order valence-electron chi connectivity index (χ4n) is 5.02. The van der Waals surface area contributed by atoms with Gasteiger partial charge in [0.25, 0.3) is 0 Å². The summed E-state index contributed by atoms with van der Waals surface area (Å²) in [5.41, 5.74) is 1.49. The number of fused-ring (bicyclic) bond motifs is 1. The van der Waals surface area contributed by atoms with Gasteiger partial charge in [-0.05, 0) is 29.7 Å². The number of aliphatic carboxylic acids is 1. The molecule has 4 rings (SSSR count). The molecule has 2 unspecified atom stereocenters. The highest BCUT2D eigenvalue weighted by Gasteiger charge is 2.51. The molecule has 2 atom stereocenters. The highest BCUT2D eigenvalue weighted by atomic mass is 19.1. The van der Waals surface area contributed by atoms with Crippen LogP contribution < -0.4 is 5.32 Å². The second kappa shape index (κ2) is 13.7. The summed E-state index contributed by atoms with van der Waals surface area (Å²) >= 11 is 0. The minimum Gasteiger partial charge on any atom is -0.481 e. The number of carbonyl (C=O) groups excluding carboxylic acids is 3. The Bertz CT molecular complexity index is 1300. The van der Waals surface area contributed by atoms with Gasteiger partial charge in [-0.1, -0.05) is 48.4 Å². The van der Waals surface area contributed by atoms with Crippen LogP contribution >= 0.6 is 0 Å². The standard InChI is InChI=1S/C29H32FN5O6/c1-2-13-33-19-26(36)34-24(11-12-27(37)38)28(39)32(14-15-41-20-22-9-6-10-23(30)16-22)18-25(34)35(33)29(40)31-17-21-7-4-3-5-8-21/h1,3-10,16,24-25H,11-15,17-20H2,(H,31,40)(H,37,38). The Labute approximate surface area is 237 Å². The molecule has 12 heteroatoms. The van der Waals surface area contributed by atoms with Crippen LogP contribution in [0, 0.1) is 18.2 Å². The summed E-state index contributed by atoms with van der Waals surface area (Å²) in [6.45, 7) is 0.261. The maximum atomic E-state index is 13.5. The van der Waals surface area contributed by atoms with Crippen molar-refractivity contribution in [2.45, 2.75) is 38.2 Å². The number of ether oxygens (including phenoxy) is 1. The van der Waals surface area contributed by atoms with E-state index in [0.29, 0.717) is 5.56 Å². The van der Waals surface area contributed by atoms with E-state index in [0.717, 1.165) is 5.56 Å². The molecule has 2 aromatic rings. The molecule has 0 aromatic heterocycles. The van der Waals surface area contributed by atoms with Crippen LogP contribution in [0.15, 0.2) is 54.6 Å². The van der Waals surface area contributed by atoms with Crippen LogP contribution in [-0.4, -0.2) is 93.7 Å². The van der Waals surface area contributed by atoms with Crippen molar-refractivity contribution in [3.05, 3.63) is 71.5 Å². The summed E-state index contributed by atoms with van der Waals surface area (Å²) in [4.78, 5) is 54.5. The topological polar surface area (TPSA) is 123 Å². The van der Waals surface area contributed by atoms with E-state index in [9.17, 15) is 28.7 Å². The SMILES string of the molecule is C#CCN1CC(=O)N2C(CCC(=O)O)C(=O)N(CCOCc3cccc(F)c3)CC2N1C(=O)NCc1ccccc1. The molecule has 2 aliphatic rings. The largest absolute Gasteiger partial charge is 0.481 e. The Morgan fingerprint density at radius 1 is 1.12 bits per heavy atom. The van der Waals surface area contributed by atoms with E-state index in [1.807, 2.05) is 30.3 Å². The average molecular weight is 566 g/mol. The number of amides is 4. The zero-order valence-electron chi connectivity index (χ0n) is 22.4. The monoisotopic (exact) mass is 565 g/mol. The van der Waals surface area contributed by atoms with Crippen molar-refractivity contribution < 1.29 is 33.4 Å². The number of urea groups is 1. The van der Waals surface area contributed by atoms with Crippen LogP contribution in [0.3, 0.4) is 0 Å². The molecule has 2 heterocycles. The van der Waals surface area contributed by atoms with Crippen LogP contribution in [0.1, 0.15) is 24.0 Å². The molecule has 0 radical (unpaired) electrons. The van der Waals surface area contributed by atoms with E-state index >= 15 is 0 Å². The molecular weight excluding hydrogens is 533 g/mol. The molecule has 2 aliphatic heterocycles. The highest BCUT2D eigenvalue weighted by Crippen LogP contribution is 2.28. The number of terminal acetylenes is 1. The lowest BCUT2D eigenvalue weighted by Crippen LogP contribution is -2.76. The first-order valence-electron chi connectivity index (χ1n) is 13.2. The van der Waals surface area contributed by atoms with Crippen molar-refractivity contribution in [1.29, 1.82) is 0 Å². The molecule has 2 aromatic carbocycles. The number of hydrogen-bond acceptors (Lipinski definition) is 6. The fraction of sp³-hybridized carbons (Fsp3) is 0.379. The minimum atomic E-state index is -1.11. The molecule has 41 heavy (non-hydrogen) atoms. The third-order valence-electron chi connectivity index (χ3n) is 6.89. The lowest BCUT2D eigenvalue weighted by atomic mass is 10.0.